The van der Waals surface area contributed by atoms with Crippen LogP contribution >= 0.6 is 0 Å². The molecule has 184 valence electrons. The summed E-state index contributed by atoms with van der Waals surface area (Å²) in [7, 11) is 1.46. The topological polar surface area (TPSA) is 129 Å². The van der Waals surface area contributed by atoms with Crippen LogP contribution < -0.4 is 19.5 Å². The number of amides is 1. The molecule has 1 heterocycles. The molecule has 0 bridgehead atoms. The summed E-state index contributed by atoms with van der Waals surface area (Å²) in [4.78, 5) is 23.6. The van der Waals surface area contributed by atoms with Gasteiger partial charge in [0.15, 0.2) is 11.5 Å². The molecule has 0 fully saturated rings. The number of hydrogen-bond donors (Lipinski definition) is 2. The van der Waals surface area contributed by atoms with Crippen LogP contribution in [0.25, 0.3) is 11.3 Å². The number of para-hydroxylation sites is 2. The second kappa shape index (κ2) is 10.5. The van der Waals surface area contributed by atoms with Gasteiger partial charge in [0.05, 0.1) is 29.5 Å². The Labute approximate surface area is 202 Å². The first-order valence-corrected chi connectivity index (χ1v) is 10.3. The van der Waals surface area contributed by atoms with E-state index in [0.717, 1.165) is 0 Å². The minimum absolute atomic E-state index is 0.0148. The van der Waals surface area contributed by atoms with Gasteiger partial charge in [0, 0.05) is 17.7 Å². The number of methoxy groups -OCH3 is 1. The number of benzene rings is 3. The molecule has 0 saturated carbocycles. The van der Waals surface area contributed by atoms with Crippen molar-refractivity contribution in [1.29, 1.82) is 0 Å². The number of carbonyl (C=O) groups is 1. The van der Waals surface area contributed by atoms with Crippen molar-refractivity contribution in [2.75, 3.05) is 12.4 Å². The molecule has 4 aromatic rings. The number of alkyl halides is 2. The normalized spacial score (nSPS) is 10.7. The lowest BCUT2D eigenvalue weighted by molar-refractivity contribution is -0.384. The van der Waals surface area contributed by atoms with Crippen molar-refractivity contribution >= 4 is 17.3 Å². The van der Waals surface area contributed by atoms with E-state index in [0.29, 0.717) is 22.8 Å². The second-order valence-corrected chi connectivity index (χ2v) is 7.25. The molecule has 0 aliphatic heterocycles. The predicted molar refractivity (Wildman–Crippen MR) is 125 cm³/mol. The fourth-order valence-electron chi connectivity index (χ4n) is 3.24. The van der Waals surface area contributed by atoms with Gasteiger partial charge in [-0.2, -0.15) is 13.9 Å². The molecule has 1 aromatic heterocycles. The van der Waals surface area contributed by atoms with Crippen LogP contribution in [0.15, 0.2) is 72.8 Å². The largest absolute Gasteiger partial charge is 0.493 e. The molecule has 36 heavy (non-hydrogen) atoms. The highest BCUT2D eigenvalue weighted by atomic mass is 19.3. The summed E-state index contributed by atoms with van der Waals surface area (Å²) in [6.07, 6.45) is 0. The standard InChI is InChI=1S/C24H18F2N4O6/c1-34-21-4-2-3-5-22(21)35-18-11-15(10-16(12-18)30(32)33)27-23(31)20-13-19(28-29-20)14-6-8-17(9-7-14)36-24(25)26/h2-13,24H,1H3,(H,27,31)(H,28,29). The van der Waals surface area contributed by atoms with Gasteiger partial charge >= 0.3 is 6.61 Å². The molecular weight excluding hydrogens is 478 g/mol. The molecule has 0 spiro atoms. The lowest BCUT2D eigenvalue weighted by Gasteiger charge is -2.11. The predicted octanol–water partition coefficient (Wildman–Crippen LogP) is 5.64. The number of carbonyl (C=O) groups excluding carboxylic acids is 1. The van der Waals surface area contributed by atoms with Gasteiger partial charge in [0.1, 0.15) is 17.2 Å². The zero-order valence-corrected chi connectivity index (χ0v) is 18.6. The molecule has 2 N–H and O–H groups in total. The van der Waals surface area contributed by atoms with E-state index >= 15 is 0 Å². The monoisotopic (exact) mass is 496 g/mol. The van der Waals surface area contributed by atoms with Crippen molar-refractivity contribution in [2.24, 2.45) is 0 Å². The van der Waals surface area contributed by atoms with E-state index in [9.17, 15) is 23.7 Å². The van der Waals surface area contributed by atoms with Crippen LogP contribution in [-0.2, 0) is 0 Å². The molecule has 0 aliphatic carbocycles. The second-order valence-electron chi connectivity index (χ2n) is 7.25. The maximum atomic E-state index is 12.8. The Balaban J connectivity index is 1.53. The van der Waals surface area contributed by atoms with Crippen molar-refractivity contribution in [1.82, 2.24) is 10.2 Å². The smallest absolute Gasteiger partial charge is 0.387 e. The lowest BCUT2D eigenvalue weighted by Crippen LogP contribution is -2.12. The maximum Gasteiger partial charge on any atom is 0.387 e. The van der Waals surface area contributed by atoms with Crippen LogP contribution in [0, 0.1) is 10.1 Å². The molecule has 3 aromatic carbocycles. The number of anilines is 1. The summed E-state index contributed by atoms with van der Waals surface area (Å²) < 4.78 is 39.9. The molecule has 0 radical (unpaired) electrons. The molecule has 10 nitrogen and oxygen atoms in total. The van der Waals surface area contributed by atoms with Gasteiger partial charge in [-0.05, 0) is 42.5 Å². The SMILES string of the molecule is COc1ccccc1Oc1cc(NC(=O)c2cc(-c3ccc(OC(F)F)cc3)n[nH]2)cc([N+](=O)[O-])c1. The average molecular weight is 496 g/mol. The number of nitrogens with zero attached hydrogens (tertiary/aromatic N) is 2. The molecule has 0 unspecified atom stereocenters. The molecule has 0 atom stereocenters. The number of aromatic nitrogens is 2. The van der Waals surface area contributed by atoms with Crippen LogP contribution in [-0.4, -0.2) is 34.7 Å². The van der Waals surface area contributed by atoms with Crippen LogP contribution in [0.2, 0.25) is 0 Å². The van der Waals surface area contributed by atoms with E-state index in [-0.39, 0.29) is 28.6 Å². The van der Waals surface area contributed by atoms with Gasteiger partial charge in [-0.3, -0.25) is 20.0 Å². The first kappa shape index (κ1) is 24.1. The molecular formula is C24H18F2N4O6. The molecule has 12 heteroatoms. The number of hydrogen-bond acceptors (Lipinski definition) is 7. The number of ether oxygens (including phenoxy) is 3. The number of nitro benzene ring substituents is 1. The van der Waals surface area contributed by atoms with Crippen LogP contribution in [0.1, 0.15) is 10.5 Å². The van der Waals surface area contributed by atoms with Crippen LogP contribution in [0.5, 0.6) is 23.0 Å². The Kier molecular flexibility index (Phi) is 7.04. The van der Waals surface area contributed by atoms with Gasteiger partial charge in [-0.15, -0.1) is 0 Å². The fourth-order valence-corrected chi connectivity index (χ4v) is 3.24. The van der Waals surface area contributed by atoms with E-state index in [1.54, 1.807) is 24.3 Å². The zero-order chi connectivity index (χ0) is 25.7. The van der Waals surface area contributed by atoms with Gasteiger partial charge in [0.25, 0.3) is 11.6 Å². The fraction of sp³-hybridized carbons (Fsp3) is 0.0833. The highest BCUT2D eigenvalue weighted by Gasteiger charge is 2.17. The summed E-state index contributed by atoms with van der Waals surface area (Å²) in [6, 6.07) is 17.8. The Morgan fingerprint density at radius 1 is 1.03 bits per heavy atom. The van der Waals surface area contributed by atoms with Gasteiger partial charge in [-0.25, -0.2) is 0 Å². The van der Waals surface area contributed by atoms with Gasteiger partial charge in [-0.1, -0.05) is 12.1 Å². The Morgan fingerprint density at radius 2 is 1.75 bits per heavy atom. The van der Waals surface area contributed by atoms with Crippen molar-refractivity contribution in [2.45, 2.75) is 6.61 Å². The Morgan fingerprint density at radius 3 is 2.42 bits per heavy atom. The Hall–Kier alpha value is -5.00. The highest BCUT2D eigenvalue weighted by molar-refractivity contribution is 6.03. The number of aromatic amines is 1. The number of non-ortho nitro benzene ring substituents is 1. The first-order chi connectivity index (χ1) is 17.3. The van der Waals surface area contributed by atoms with Crippen molar-refractivity contribution in [3.8, 4) is 34.3 Å². The van der Waals surface area contributed by atoms with E-state index < -0.39 is 17.4 Å². The van der Waals surface area contributed by atoms with Gasteiger partial charge in [0.2, 0.25) is 0 Å². The molecule has 4 rings (SSSR count). The summed E-state index contributed by atoms with van der Waals surface area (Å²) in [5, 5.41) is 20.6. The summed E-state index contributed by atoms with van der Waals surface area (Å²) in [5.74, 6) is 0.240. The van der Waals surface area contributed by atoms with Crippen molar-refractivity contribution in [3.63, 3.8) is 0 Å². The van der Waals surface area contributed by atoms with E-state index in [1.807, 2.05) is 0 Å². The molecule has 0 saturated heterocycles. The third kappa shape index (κ3) is 5.73. The van der Waals surface area contributed by atoms with E-state index in [1.165, 1.54) is 55.6 Å². The van der Waals surface area contributed by atoms with Crippen LogP contribution in [0.3, 0.4) is 0 Å². The molecule has 1 amide bonds. The third-order valence-electron chi connectivity index (χ3n) is 4.85. The number of nitro groups is 1. The maximum absolute atomic E-state index is 12.8. The van der Waals surface area contributed by atoms with Crippen molar-refractivity contribution in [3.05, 3.63) is 88.6 Å². The number of halogens is 2. The minimum Gasteiger partial charge on any atom is -0.493 e. The summed E-state index contributed by atoms with van der Waals surface area (Å²) in [5.41, 5.74) is 0.812. The first-order valence-electron chi connectivity index (χ1n) is 10.3. The quantitative estimate of drug-likeness (QED) is 0.227. The highest BCUT2D eigenvalue weighted by Crippen LogP contribution is 2.34. The lowest BCUT2D eigenvalue weighted by atomic mass is 10.1. The average Bonchev–Trinajstić information content (AvgIpc) is 3.35. The Bertz CT molecular complexity index is 1390. The third-order valence-corrected chi connectivity index (χ3v) is 4.85. The van der Waals surface area contributed by atoms with Gasteiger partial charge < -0.3 is 19.5 Å². The van der Waals surface area contributed by atoms with E-state index in [4.69, 9.17) is 9.47 Å². The minimum atomic E-state index is -2.94. The number of rotatable bonds is 9. The number of H-pyrrole nitrogens is 1. The van der Waals surface area contributed by atoms with Crippen molar-refractivity contribution < 1.29 is 32.7 Å². The zero-order valence-electron chi connectivity index (χ0n) is 18.6. The summed E-state index contributed by atoms with van der Waals surface area (Å²) >= 11 is 0. The van der Waals surface area contributed by atoms with Crippen LogP contribution in [0.4, 0.5) is 20.2 Å². The molecule has 0 aliphatic rings. The van der Waals surface area contributed by atoms with E-state index in [2.05, 4.69) is 20.3 Å². The summed E-state index contributed by atoms with van der Waals surface area (Å²) in [6.45, 7) is -2.94. The number of nitrogens with one attached hydrogen (secondary N) is 2.